The van der Waals surface area contributed by atoms with Crippen LogP contribution in [0.2, 0.25) is 0 Å². The molecule has 0 bridgehead atoms. The van der Waals surface area contributed by atoms with Gasteiger partial charge in [-0.05, 0) is 48.7 Å². The molecule has 7 nitrogen and oxygen atoms in total. The number of nitrogens with one attached hydrogen (secondary N) is 1. The number of rotatable bonds is 5. The number of Topliss-reactive ketones (excluding diaryl/α,β-unsaturated/α-hetero) is 1. The van der Waals surface area contributed by atoms with Gasteiger partial charge in [0.15, 0.2) is 10.9 Å². The van der Waals surface area contributed by atoms with Crippen LogP contribution in [0.15, 0.2) is 53.4 Å². The number of fused-ring (bicyclic) bond motifs is 1. The minimum Gasteiger partial charge on any atom is -0.298 e. The van der Waals surface area contributed by atoms with Gasteiger partial charge in [-0.3, -0.25) is 14.9 Å². The smallest absolute Gasteiger partial charge is 0.257 e. The molecule has 0 fully saturated rings. The molecule has 4 rings (SSSR count). The molecule has 31 heavy (non-hydrogen) atoms. The van der Waals surface area contributed by atoms with Gasteiger partial charge in [0, 0.05) is 25.6 Å². The minimum atomic E-state index is -3.66. The Balaban J connectivity index is 1.49. The topological polar surface area (TPSA) is 96.4 Å². The van der Waals surface area contributed by atoms with Crippen molar-refractivity contribution in [3.63, 3.8) is 0 Å². The molecule has 0 atom stereocenters. The first-order valence-corrected chi connectivity index (χ1v) is 12.0. The Morgan fingerprint density at radius 2 is 1.74 bits per heavy atom. The van der Waals surface area contributed by atoms with E-state index in [-0.39, 0.29) is 10.7 Å². The van der Waals surface area contributed by atoms with E-state index >= 15 is 0 Å². The van der Waals surface area contributed by atoms with Crippen LogP contribution in [0.3, 0.4) is 0 Å². The lowest BCUT2D eigenvalue weighted by Crippen LogP contribution is -2.35. The molecule has 0 radical (unpaired) electrons. The second-order valence-corrected chi connectivity index (χ2v) is 10.3. The maximum atomic E-state index is 13.1. The molecule has 1 N–H and O–H groups in total. The van der Waals surface area contributed by atoms with Gasteiger partial charge in [0.25, 0.3) is 5.91 Å². The molecular weight excluding hydrogens is 434 g/mol. The van der Waals surface area contributed by atoms with E-state index in [9.17, 15) is 18.0 Å². The summed E-state index contributed by atoms with van der Waals surface area (Å²) in [6.07, 6.45) is 0.672. The highest BCUT2D eigenvalue weighted by Crippen LogP contribution is 2.26. The number of nitrogens with zero attached hydrogens (tertiary/aromatic N) is 2. The summed E-state index contributed by atoms with van der Waals surface area (Å²) in [5.41, 5.74) is 3.06. The van der Waals surface area contributed by atoms with E-state index in [4.69, 9.17) is 0 Å². The summed E-state index contributed by atoms with van der Waals surface area (Å²) in [5, 5.41) is 2.99. The van der Waals surface area contributed by atoms with Crippen molar-refractivity contribution >= 4 is 38.2 Å². The number of amides is 1. The zero-order chi connectivity index (χ0) is 22.2. The Hall–Kier alpha value is -2.88. The van der Waals surface area contributed by atoms with Gasteiger partial charge in [0.2, 0.25) is 10.0 Å². The quantitative estimate of drug-likeness (QED) is 0.593. The van der Waals surface area contributed by atoms with Crippen LogP contribution in [0, 0.1) is 6.92 Å². The number of ketones is 1. The summed E-state index contributed by atoms with van der Waals surface area (Å²) < 4.78 is 27.6. The van der Waals surface area contributed by atoms with Gasteiger partial charge in [-0.25, -0.2) is 13.4 Å². The number of hydrogen-bond acceptors (Lipinski definition) is 6. The third-order valence-corrected chi connectivity index (χ3v) is 8.22. The largest absolute Gasteiger partial charge is 0.298 e. The highest BCUT2D eigenvalue weighted by atomic mass is 32.2. The van der Waals surface area contributed by atoms with Crippen LogP contribution in [-0.4, -0.2) is 35.9 Å². The van der Waals surface area contributed by atoms with Crippen LogP contribution in [0.25, 0.3) is 0 Å². The lowest BCUT2D eigenvalue weighted by atomic mass is 10.0. The van der Waals surface area contributed by atoms with Gasteiger partial charge < -0.3 is 0 Å². The molecule has 160 valence electrons. The average Bonchev–Trinajstić information content (AvgIpc) is 3.13. The predicted molar refractivity (Wildman–Crippen MR) is 119 cm³/mol. The fourth-order valence-electron chi connectivity index (χ4n) is 3.55. The average molecular weight is 456 g/mol. The van der Waals surface area contributed by atoms with Crippen molar-refractivity contribution in [1.29, 1.82) is 0 Å². The standard InChI is InChI=1S/C22H21N3O4S2/c1-14-20(15(2)26)30-22(23-14)24-21(27)17-7-9-19(10-8-17)31(28,29)25-12-11-16-5-3-4-6-18(16)13-25/h3-10H,11-13H2,1-2H3,(H,23,24,27). The molecule has 0 aliphatic carbocycles. The normalized spacial score (nSPS) is 14.1. The summed E-state index contributed by atoms with van der Waals surface area (Å²) >= 11 is 1.12. The van der Waals surface area contributed by atoms with Crippen LogP contribution >= 0.6 is 11.3 Å². The number of sulfonamides is 1. The number of aromatic nitrogens is 1. The first kappa shape index (κ1) is 21.4. The Bertz CT molecular complexity index is 1260. The van der Waals surface area contributed by atoms with Crippen molar-refractivity contribution in [2.45, 2.75) is 31.7 Å². The molecule has 3 aromatic rings. The van der Waals surface area contributed by atoms with Crippen LogP contribution in [0.4, 0.5) is 5.13 Å². The molecule has 1 aliphatic heterocycles. The summed E-state index contributed by atoms with van der Waals surface area (Å²) in [5.74, 6) is -0.523. The lowest BCUT2D eigenvalue weighted by Gasteiger charge is -2.28. The van der Waals surface area contributed by atoms with Gasteiger partial charge in [-0.1, -0.05) is 35.6 Å². The first-order chi connectivity index (χ1) is 14.8. The number of anilines is 1. The van der Waals surface area contributed by atoms with Crippen molar-refractivity contribution in [3.8, 4) is 0 Å². The maximum absolute atomic E-state index is 13.1. The zero-order valence-corrected chi connectivity index (χ0v) is 18.7. The summed E-state index contributed by atoms with van der Waals surface area (Å²) in [6.45, 7) is 3.92. The van der Waals surface area contributed by atoms with Crippen LogP contribution in [0.5, 0.6) is 0 Å². The van der Waals surface area contributed by atoms with E-state index in [2.05, 4.69) is 10.3 Å². The SMILES string of the molecule is CC(=O)c1sc(NC(=O)c2ccc(S(=O)(=O)N3CCc4ccccc4C3)cc2)nc1C. The fourth-order valence-corrected chi connectivity index (χ4v) is 5.82. The van der Waals surface area contributed by atoms with Gasteiger partial charge in [-0.2, -0.15) is 4.31 Å². The number of benzene rings is 2. The molecule has 0 unspecified atom stereocenters. The monoisotopic (exact) mass is 455 g/mol. The summed E-state index contributed by atoms with van der Waals surface area (Å²) in [7, 11) is -3.66. The zero-order valence-electron chi connectivity index (χ0n) is 17.1. The van der Waals surface area contributed by atoms with Crippen molar-refractivity contribution in [1.82, 2.24) is 9.29 Å². The van der Waals surface area contributed by atoms with E-state index in [0.29, 0.717) is 40.8 Å². The van der Waals surface area contributed by atoms with E-state index < -0.39 is 15.9 Å². The lowest BCUT2D eigenvalue weighted by molar-refractivity contribution is 0.101. The molecule has 0 spiro atoms. The van der Waals surface area contributed by atoms with Crippen molar-refractivity contribution in [3.05, 3.63) is 75.8 Å². The molecule has 2 aromatic carbocycles. The van der Waals surface area contributed by atoms with Crippen molar-refractivity contribution in [2.75, 3.05) is 11.9 Å². The molecule has 0 saturated heterocycles. The minimum absolute atomic E-state index is 0.106. The molecule has 1 aliphatic rings. The molecule has 0 saturated carbocycles. The van der Waals surface area contributed by atoms with E-state index in [1.807, 2.05) is 24.3 Å². The first-order valence-electron chi connectivity index (χ1n) is 9.72. The molecule has 2 heterocycles. The van der Waals surface area contributed by atoms with Crippen molar-refractivity contribution < 1.29 is 18.0 Å². The van der Waals surface area contributed by atoms with E-state index in [0.717, 1.165) is 16.9 Å². The summed E-state index contributed by atoms with van der Waals surface area (Å²) in [6, 6.07) is 13.7. The number of aryl methyl sites for hydroxylation is 1. The second-order valence-electron chi connectivity index (χ2n) is 7.33. The van der Waals surface area contributed by atoms with Gasteiger partial charge in [0.1, 0.15) is 0 Å². The van der Waals surface area contributed by atoms with Crippen LogP contribution < -0.4 is 5.32 Å². The van der Waals surface area contributed by atoms with Gasteiger partial charge in [0.05, 0.1) is 15.5 Å². The second kappa shape index (κ2) is 8.33. The number of thiazole rings is 1. The molecule has 1 aromatic heterocycles. The Labute approximate surface area is 184 Å². The van der Waals surface area contributed by atoms with Crippen LogP contribution in [-0.2, 0) is 23.0 Å². The summed E-state index contributed by atoms with van der Waals surface area (Å²) in [4.78, 5) is 28.9. The highest BCUT2D eigenvalue weighted by Gasteiger charge is 2.28. The predicted octanol–water partition coefficient (Wildman–Crippen LogP) is 3.65. The number of carbonyl (C=O) groups is 2. The maximum Gasteiger partial charge on any atom is 0.257 e. The Morgan fingerprint density at radius 3 is 2.39 bits per heavy atom. The third-order valence-electron chi connectivity index (χ3n) is 5.19. The van der Waals surface area contributed by atoms with Crippen molar-refractivity contribution in [2.24, 2.45) is 0 Å². The molecule has 9 heteroatoms. The number of carbonyl (C=O) groups excluding carboxylic acids is 2. The van der Waals surface area contributed by atoms with E-state index in [1.54, 1.807) is 6.92 Å². The Morgan fingerprint density at radius 1 is 1.06 bits per heavy atom. The highest BCUT2D eigenvalue weighted by molar-refractivity contribution is 7.89. The van der Waals surface area contributed by atoms with Crippen LogP contribution in [0.1, 0.15) is 43.8 Å². The van der Waals surface area contributed by atoms with E-state index in [1.165, 1.54) is 41.1 Å². The molecule has 1 amide bonds. The fraction of sp³-hybridized carbons (Fsp3) is 0.227. The van der Waals surface area contributed by atoms with Gasteiger partial charge in [-0.15, -0.1) is 0 Å². The number of hydrogen-bond donors (Lipinski definition) is 1. The third kappa shape index (κ3) is 4.30. The molecular formula is C22H21N3O4S2. The van der Waals surface area contributed by atoms with Gasteiger partial charge >= 0.3 is 0 Å². The Kier molecular flexibility index (Phi) is 5.74.